The van der Waals surface area contributed by atoms with Crippen molar-refractivity contribution in [1.82, 2.24) is 13.7 Å². The van der Waals surface area contributed by atoms with Gasteiger partial charge in [0.2, 0.25) is 0 Å². The molecule has 0 unspecified atom stereocenters. The van der Waals surface area contributed by atoms with Gasteiger partial charge in [-0.2, -0.15) is 0 Å². The highest BCUT2D eigenvalue weighted by Gasteiger charge is 2.24. The monoisotopic (exact) mass is 757 g/mol. The molecule has 4 nitrogen and oxygen atoms in total. The van der Waals surface area contributed by atoms with Gasteiger partial charge in [-0.1, -0.05) is 121 Å². The van der Waals surface area contributed by atoms with Crippen LogP contribution in [-0.4, -0.2) is 13.7 Å². The summed E-state index contributed by atoms with van der Waals surface area (Å²) in [5.74, 6) is -0.310. The molecule has 0 bridgehead atoms. The van der Waals surface area contributed by atoms with Crippen LogP contribution in [-0.2, 0) is 0 Å². The maximum Gasteiger partial charge on any atom is 0.159 e. The summed E-state index contributed by atoms with van der Waals surface area (Å²) >= 11 is 0. The molecule has 0 aliphatic rings. The molecule has 59 heavy (non-hydrogen) atoms. The summed E-state index contributed by atoms with van der Waals surface area (Å²) in [7, 11) is 0. The lowest BCUT2D eigenvalue weighted by atomic mass is 10.0. The van der Waals surface area contributed by atoms with Crippen molar-refractivity contribution in [1.29, 1.82) is 0 Å². The van der Waals surface area contributed by atoms with Crippen molar-refractivity contribution in [3.05, 3.63) is 200 Å². The number of rotatable bonds is 4. The predicted octanol–water partition coefficient (Wildman–Crippen LogP) is 14.7. The third-order valence-corrected chi connectivity index (χ3v) is 12.3. The smallest absolute Gasteiger partial charge is 0.159 e. The van der Waals surface area contributed by atoms with Crippen molar-refractivity contribution in [3.8, 4) is 28.2 Å². The van der Waals surface area contributed by atoms with Crippen LogP contribution in [0.5, 0.6) is 0 Å². The van der Waals surface area contributed by atoms with Gasteiger partial charge in [0, 0.05) is 60.5 Å². The van der Waals surface area contributed by atoms with Crippen LogP contribution in [0.15, 0.2) is 199 Å². The number of furan rings is 1. The van der Waals surface area contributed by atoms with Crippen molar-refractivity contribution in [2.24, 2.45) is 0 Å². The van der Waals surface area contributed by atoms with Gasteiger partial charge in [-0.3, -0.25) is 0 Å². The van der Waals surface area contributed by atoms with Gasteiger partial charge in [0.1, 0.15) is 11.4 Å². The quantitative estimate of drug-likeness (QED) is 0.176. The van der Waals surface area contributed by atoms with Crippen LogP contribution in [0, 0.1) is 5.82 Å². The molecule has 0 aliphatic heterocycles. The summed E-state index contributed by atoms with van der Waals surface area (Å²) in [4.78, 5) is 0. The zero-order valence-electron chi connectivity index (χ0n) is 31.6. The van der Waals surface area contributed by atoms with E-state index in [0.29, 0.717) is 11.3 Å². The van der Waals surface area contributed by atoms with Crippen LogP contribution in [0.3, 0.4) is 0 Å². The molecular formula is C54H32FN3O. The van der Waals surface area contributed by atoms with Crippen LogP contribution in [0.25, 0.3) is 116 Å². The van der Waals surface area contributed by atoms with Crippen LogP contribution < -0.4 is 0 Å². The second-order valence-electron chi connectivity index (χ2n) is 15.4. The maximum atomic E-state index is 15.8. The Morgan fingerprint density at radius 3 is 1.61 bits per heavy atom. The van der Waals surface area contributed by atoms with Crippen molar-refractivity contribution in [3.63, 3.8) is 0 Å². The molecule has 0 fully saturated rings. The summed E-state index contributed by atoms with van der Waals surface area (Å²) < 4.78 is 29.4. The minimum Gasteiger partial charge on any atom is -0.454 e. The number of benzene rings is 9. The standard InChI is InChI=1S/C54H32FN3O/c55-35-30-45-40-19-9-12-22-51(40)59-54(45)50(31-35)58-48-27-23-34(33-13-3-1-4-14-33)29-43(48)44-32-37(24-28-49(44)58)57-47-21-11-8-18-39(47)42-26-25-41-38-17-7-10-20-46(38)56(52(41)53(42)57)36-15-5-2-6-16-36/h1-32H. The normalized spacial score (nSPS) is 12.2. The zero-order chi connectivity index (χ0) is 38.8. The first-order valence-electron chi connectivity index (χ1n) is 20.0. The van der Waals surface area contributed by atoms with Gasteiger partial charge in [0.15, 0.2) is 5.58 Å². The summed E-state index contributed by atoms with van der Waals surface area (Å²) in [6.07, 6.45) is 0. The van der Waals surface area contributed by atoms with E-state index in [2.05, 4.69) is 165 Å². The first-order chi connectivity index (χ1) is 29.2. The highest BCUT2D eigenvalue weighted by Crippen LogP contribution is 2.44. The second kappa shape index (κ2) is 12.1. The fraction of sp³-hybridized carbons (Fsp3) is 0. The maximum absolute atomic E-state index is 15.8. The van der Waals surface area contributed by atoms with Crippen LogP contribution >= 0.6 is 0 Å². The summed E-state index contributed by atoms with van der Waals surface area (Å²) in [5.41, 5.74) is 13.0. The Kier molecular flexibility index (Phi) is 6.59. The molecule has 0 amide bonds. The van der Waals surface area contributed by atoms with E-state index < -0.39 is 0 Å². The molecule has 4 aromatic heterocycles. The molecule has 0 saturated carbocycles. The van der Waals surface area contributed by atoms with E-state index in [4.69, 9.17) is 4.42 Å². The highest BCUT2D eigenvalue weighted by atomic mass is 19.1. The molecule has 0 atom stereocenters. The van der Waals surface area contributed by atoms with E-state index in [9.17, 15) is 0 Å². The van der Waals surface area contributed by atoms with Crippen molar-refractivity contribution in [2.75, 3.05) is 0 Å². The Balaban J connectivity index is 1.17. The van der Waals surface area contributed by atoms with E-state index in [-0.39, 0.29) is 5.82 Å². The lowest BCUT2D eigenvalue weighted by Gasteiger charge is -2.13. The summed E-state index contributed by atoms with van der Waals surface area (Å²) in [6, 6.07) is 67.5. The largest absolute Gasteiger partial charge is 0.454 e. The van der Waals surface area contributed by atoms with Gasteiger partial charge in [0.25, 0.3) is 0 Å². The Morgan fingerprint density at radius 1 is 0.339 bits per heavy atom. The molecule has 4 heterocycles. The van der Waals surface area contributed by atoms with E-state index in [1.165, 1.54) is 21.5 Å². The average molecular weight is 758 g/mol. The van der Waals surface area contributed by atoms with Crippen LogP contribution in [0.2, 0.25) is 0 Å². The Morgan fingerprint density at radius 2 is 0.898 bits per heavy atom. The Labute approximate surface area is 336 Å². The highest BCUT2D eigenvalue weighted by molar-refractivity contribution is 6.24. The van der Waals surface area contributed by atoms with Crippen molar-refractivity contribution < 1.29 is 8.81 Å². The molecule has 0 N–H and O–H groups in total. The summed E-state index contributed by atoms with van der Waals surface area (Å²) in [5, 5.41) is 8.57. The molecule has 0 aliphatic carbocycles. The van der Waals surface area contributed by atoms with Crippen molar-refractivity contribution >= 4 is 87.4 Å². The number of aromatic nitrogens is 3. The second-order valence-corrected chi connectivity index (χ2v) is 15.4. The van der Waals surface area contributed by atoms with Crippen LogP contribution in [0.1, 0.15) is 0 Å². The Bertz CT molecular complexity index is 3850. The number of fused-ring (bicyclic) bond motifs is 13. The van der Waals surface area contributed by atoms with Gasteiger partial charge < -0.3 is 18.1 Å². The number of hydrogen-bond donors (Lipinski definition) is 0. The molecule has 0 saturated heterocycles. The minimum atomic E-state index is -0.310. The fourth-order valence-electron chi connectivity index (χ4n) is 9.77. The lowest BCUT2D eigenvalue weighted by molar-refractivity contribution is 0.624. The van der Waals surface area contributed by atoms with Gasteiger partial charge in [-0.25, -0.2) is 4.39 Å². The molecule has 276 valence electrons. The first kappa shape index (κ1) is 32.2. The van der Waals surface area contributed by atoms with Gasteiger partial charge in [-0.15, -0.1) is 0 Å². The average Bonchev–Trinajstić information content (AvgIpc) is 4.03. The number of nitrogens with zero attached hydrogens (tertiary/aromatic N) is 3. The van der Waals surface area contributed by atoms with E-state index >= 15 is 4.39 Å². The topological polar surface area (TPSA) is 27.9 Å². The number of hydrogen-bond acceptors (Lipinski definition) is 1. The molecule has 9 aromatic carbocycles. The number of para-hydroxylation sites is 4. The van der Waals surface area contributed by atoms with E-state index in [1.54, 1.807) is 12.1 Å². The third-order valence-electron chi connectivity index (χ3n) is 12.3. The molecular weight excluding hydrogens is 726 g/mol. The van der Waals surface area contributed by atoms with E-state index in [1.807, 2.05) is 30.3 Å². The Hall–Kier alpha value is -7.89. The summed E-state index contributed by atoms with van der Waals surface area (Å²) in [6.45, 7) is 0. The van der Waals surface area contributed by atoms with Gasteiger partial charge in [-0.05, 0) is 77.9 Å². The molecule has 0 radical (unpaired) electrons. The zero-order valence-corrected chi connectivity index (χ0v) is 31.6. The van der Waals surface area contributed by atoms with Crippen LogP contribution in [0.4, 0.5) is 4.39 Å². The molecule has 5 heteroatoms. The predicted molar refractivity (Wildman–Crippen MR) is 242 cm³/mol. The molecule has 13 aromatic rings. The SMILES string of the molecule is Fc1cc(-n2c3ccc(-c4ccccc4)cc3c3cc(-n4c5ccccc5c5ccc6c7ccccc7n(-c7ccccc7)c6c54)ccc32)c2oc3ccccc3c2c1. The first-order valence-corrected chi connectivity index (χ1v) is 20.0. The van der Waals surface area contributed by atoms with Gasteiger partial charge >= 0.3 is 0 Å². The lowest BCUT2D eigenvalue weighted by Crippen LogP contribution is -1.99. The fourth-order valence-corrected chi connectivity index (χ4v) is 9.77. The minimum absolute atomic E-state index is 0.310. The molecule has 0 spiro atoms. The number of halogens is 1. The van der Waals surface area contributed by atoms with Gasteiger partial charge in [0.05, 0.1) is 38.8 Å². The third kappa shape index (κ3) is 4.52. The van der Waals surface area contributed by atoms with E-state index in [0.717, 1.165) is 82.7 Å². The molecule has 13 rings (SSSR count). The van der Waals surface area contributed by atoms with Crippen molar-refractivity contribution in [2.45, 2.75) is 0 Å².